The molecule has 1 heterocycles. The SMILES string of the molecule is CNCC(=O)NC(Cc1ccc(O)cc1)C(=O)N1Cc2ccccc2C[C@H]1C. The van der Waals surface area contributed by atoms with Gasteiger partial charge in [0.15, 0.2) is 0 Å². The van der Waals surface area contributed by atoms with Gasteiger partial charge < -0.3 is 20.6 Å². The Balaban J connectivity index is 1.80. The minimum absolute atomic E-state index is 0.0610. The van der Waals surface area contributed by atoms with Crippen molar-refractivity contribution >= 4 is 11.8 Å². The molecular formula is C22H27N3O3. The minimum Gasteiger partial charge on any atom is -0.508 e. The molecule has 2 aromatic carbocycles. The molecule has 2 atom stereocenters. The smallest absolute Gasteiger partial charge is 0.246 e. The number of carbonyl (C=O) groups excluding carboxylic acids is 2. The number of aromatic hydroxyl groups is 1. The number of amides is 2. The van der Waals surface area contributed by atoms with Gasteiger partial charge >= 0.3 is 0 Å². The number of fused-ring (bicyclic) bond motifs is 1. The van der Waals surface area contributed by atoms with Crippen molar-refractivity contribution in [1.82, 2.24) is 15.5 Å². The maximum Gasteiger partial charge on any atom is 0.246 e. The van der Waals surface area contributed by atoms with E-state index in [9.17, 15) is 14.7 Å². The molecule has 3 N–H and O–H groups in total. The highest BCUT2D eigenvalue weighted by Crippen LogP contribution is 2.24. The molecule has 3 rings (SSSR count). The largest absolute Gasteiger partial charge is 0.508 e. The molecule has 0 radical (unpaired) electrons. The molecule has 0 saturated carbocycles. The van der Waals surface area contributed by atoms with Gasteiger partial charge in [0.1, 0.15) is 11.8 Å². The predicted molar refractivity (Wildman–Crippen MR) is 108 cm³/mol. The Kier molecular flexibility index (Phi) is 6.31. The molecule has 0 saturated heterocycles. The van der Waals surface area contributed by atoms with Crippen molar-refractivity contribution in [1.29, 1.82) is 0 Å². The van der Waals surface area contributed by atoms with E-state index in [-0.39, 0.29) is 30.2 Å². The summed E-state index contributed by atoms with van der Waals surface area (Å²) in [5.41, 5.74) is 3.30. The molecule has 6 heteroatoms. The van der Waals surface area contributed by atoms with Gasteiger partial charge in [0, 0.05) is 19.0 Å². The number of phenolic OH excluding ortho intramolecular Hbond substituents is 1. The third kappa shape index (κ3) is 4.70. The van der Waals surface area contributed by atoms with Crippen molar-refractivity contribution in [2.24, 2.45) is 0 Å². The highest BCUT2D eigenvalue weighted by molar-refractivity contribution is 5.89. The first-order valence-corrected chi connectivity index (χ1v) is 9.57. The van der Waals surface area contributed by atoms with Crippen molar-refractivity contribution in [2.45, 2.75) is 38.4 Å². The lowest BCUT2D eigenvalue weighted by Crippen LogP contribution is -2.54. The Morgan fingerprint density at radius 3 is 2.50 bits per heavy atom. The average molecular weight is 381 g/mol. The van der Waals surface area contributed by atoms with Gasteiger partial charge in [-0.3, -0.25) is 9.59 Å². The van der Waals surface area contributed by atoms with E-state index >= 15 is 0 Å². The molecule has 1 aliphatic heterocycles. The van der Waals surface area contributed by atoms with Crippen LogP contribution in [-0.2, 0) is 29.0 Å². The third-order valence-corrected chi connectivity index (χ3v) is 5.14. The van der Waals surface area contributed by atoms with Gasteiger partial charge in [-0.05, 0) is 49.2 Å². The summed E-state index contributed by atoms with van der Waals surface area (Å²) >= 11 is 0. The topological polar surface area (TPSA) is 81.7 Å². The van der Waals surface area contributed by atoms with E-state index in [1.54, 1.807) is 31.3 Å². The molecule has 148 valence electrons. The van der Waals surface area contributed by atoms with E-state index in [0.717, 1.165) is 17.5 Å². The van der Waals surface area contributed by atoms with Crippen LogP contribution in [0, 0.1) is 0 Å². The maximum atomic E-state index is 13.4. The van der Waals surface area contributed by atoms with E-state index in [1.165, 1.54) is 5.56 Å². The monoisotopic (exact) mass is 381 g/mol. The van der Waals surface area contributed by atoms with Gasteiger partial charge in [-0.1, -0.05) is 36.4 Å². The summed E-state index contributed by atoms with van der Waals surface area (Å²) in [6, 6.07) is 14.3. The van der Waals surface area contributed by atoms with Gasteiger partial charge in [-0.25, -0.2) is 0 Å². The van der Waals surface area contributed by atoms with Crippen LogP contribution in [-0.4, -0.2) is 47.5 Å². The fraction of sp³-hybridized carbons (Fsp3) is 0.364. The first kappa shape index (κ1) is 19.9. The molecule has 0 spiro atoms. The normalized spacial score (nSPS) is 16.9. The zero-order valence-corrected chi connectivity index (χ0v) is 16.3. The van der Waals surface area contributed by atoms with Crippen LogP contribution < -0.4 is 10.6 Å². The summed E-state index contributed by atoms with van der Waals surface area (Å²) in [6.07, 6.45) is 1.18. The van der Waals surface area contributed by atoms with E-state index in [2.05, 4.69) is 22.8 Å². The summed E-state index contributed by atoms with van der Waals surface area (Å²) < 4.78 is 0. The molecule has 6 nitrogen and oxygen atoms in total. The first-order valence-electron chi connectivity index (χ1n) is 9.57. The number of carbonyl (C=O) groups is 2. The fourth-order valence-electron chi connectivity index (χ4n) is 3.65. The zero-order chi connectivity index (χ0) is 20.1. The number of nitrogens with one attached hydrogen (secondary N) is 2. The summed E-state index contributed by atoms with van der Waals surface area (Å²) in [6.45, 7) is 2.74. The van der Waals surface area contributed by atoms with Gasteiger partial charge in [-0.2, -0.15) is 0 Å². The van der Waals surface area contributed by atoms with Crippen LogP contribution >= 0.6 is 0 Å². The van der Waals surface area contributed by atoms with Gasteiger partial charge in [0.2, 0.25) is 11.8 Å². The molecule has 0 fully saturated rings. The molecule has 0 aliphatic carbocycles. The maximum absolute atomic E-state index is 13.4. The Morgan fingerprint density at radius 2 is 1.82 bits per heavy atom. The summed E-state index contributed by atoms with van der Waals surface area (Å²) in [4.78, 5) is 27.4. The number of rotatable bonds is 6. The number of hydrogen-bond acceptors (Lipinski definition) is 4. The zero-order valence-electron chi connectivity index (χ0n) is 16.3. The quantitative estimate of drug-likeness (QED) is 0.710. The lowest BCUT2D eigenvalue weighted by atomic mass is 9.93. The highest BCUT2D eigenvalue weighted by Gasteiger charge is 2.32. The molecule has 2 aromatic rings. The van der Waals surface area contributed by atoms with E-state index < -0.39 is 6.04 Å². The second kappa shape index (κ2) is 8.89. The Labute approximate surface area is 165 Å². The predicted octanol–water partition coefficient (Wildman–Crippen LogP) is 1.61. The van der Waals surface area contributed by atoms with Crippen LogP contribution in [0.2, 0.25) is 0 Å². The van der Waals surface area contributed by atoms with Crippen LogP contribution in [0.25, 0.3) is 0 Å². The van der Waals surface area contributed by atoms with Crippen molar-refractivity contribution in [3.8, 4) is 5.75 Å². The first-order chi connectivity index (χ1) is 13.5. The Morgan fingerprint density at radius 1 is 1.14 bits per heavy atom. The molecule has 1 unspecified atom stereocenters. The second-order valence-corrected chi connectivity index (χ2v) is 7.31. The fourth-order valence-corrected chi connectivity index (χ4v) is 3.65. The lowest BCUT2D eigenvalue weighted by molar-refractivity contribution is -0.139. The number of nitrogens with zero attached hydrogens (tertiary/aromatic N) is 1. The number of benzene rings is 2. The Hall–Kier alpha value is -2.86. The lowest BCUT2D eigenvalue weighted by Gasteiger charge is -2.37. The van der Waals surface area contributed by atoms with Crippen LogP contribution in [0.1, 0.15) is 23.6 Å². The number of likely N-dealkylation sites (N-methyl/N-ethyl adjacent to an activating group) is 1. The highest BCUT2D eigenvalue weighted by atomic mass is 16.3. The van der Waals surface area contributed by atoms with Crippen LogP contribution in [0.5, 0.6) is 5.75 Å². The standard InChI is InChI=1S/C22H27N3O3/c1-15-11-17-5-3-4-6-18(17)14-25(15)22(28)20(24-21(27)13-23-2)12-16-7-9-19(26)10-8-16/h3-10,15,20,23,26H,11-14H2,1-2H3,(H,24,27)/t15-,20?/m1/s1. The van der Waals surface area contributed by atoms with Gasteiger partial charge in [0.05, 0.1) is 6.54 Å². The van der Waals surface area contributed by atoms with E-state index in [4.69, 9.17) is 0 Å². The van der Waals surface area contributed by atoms with Crippen molar-refractivity contribution in [3.05, 3.63) is 65.2 Å². The van der Waals surface area contributed by atoms with Crippen LogP contribution in [0.4, 0.5) is 0 Å². The van der Waals surface area contributed by atoms with Crippen LogP contribution in [0.15, 0.2) is 48.5 Å². The molecule has 2 amide bonds. The summed E-state index contributed by atoms with van der Waals surface area (Å²) in [7, 11) is 1.69. The summed E-state index contributed by atoms with van der Waals surface area (Å²) in [5, 5.41) is 15.2. The van der Waals surface area contributed by atoms with Gasteiger partial charge in [0.25, 0.3) is 0 Å². The molecule has 28 heavy (non-hydrogen) atoms. The second-order valence-electron chi connectivity index (χ2n) is 7.31. The van der Waals surface area contributed by atoms with Gasteiger partial charge in [-0.15, -0.1) is 0 Å². The molecule has 1 aliphatic rings. The average Bonchev–Trinajstić information content (AvgIpc) is 2.68. The van der Waals surface area contributed by atoms with E-state index in [0.29, 0.717) is 13.0 Å². The number of phenols is 1. The molecule has 0 bridgehead atoms. The van der Waals surface area contributed by atoms with Crippen molar-refractivity contribution in [3.63, 3.8) is 0 Å². The Bertz CT molecular complexity index is 835. The summed E-state index contributed by atoms with van der Waals surface area (Å²) in [5.74, 6) is -0.128. The molecule has 0 aromatic heterocycles. The minimum atomic E-state index is -0.655. The van der Waals surface area contributed by atoms with E-state index in [1.807, 2.05) is 24.0 Å². The number of hydrogen-bond donors (Lipinski definition) is 3. The van der Waals surface area contributed by atoms with Crippen LogP contribution in [0.3, 0.4) is 0 Å². The van der Waals surface area contributed by atoms with Crippen molar-refractivity contribution in [2.75, 3.05) is 13.6 Å². The third-order valence-electron chi connectivity index (χ3n) is 5.14. The van der Waals surface area contributed by atoms with Crippen molar-refractivity contribution < 1.29 is 14.7 Å². The molecular weight excluding hydrogens is 354 g/mol.